The monoisotopic (exact) mass is 338 g/mol. The van der Waals surface area contributed by atoms with Crippen molar-refractivity contribution in [2.45, 2.75) is 11.3 Å². The van der Waals surface area contributed by atoms with Crippen molar-refractivity contribution in [1.29, 1.82) is 0 Å². The molecule has 0 spiro atoms. The van der Waals surface area contributed by atoms with Crippen molar-refractivity contribution in [2.75, 3.05) is 26.2 Å². The molecule has 2 aliphatic heterocycles. The van der Waals surface area contributed by atoms with Crippen molar-refractivity contribution in [1.82, 2.24) is 9.62 Å². The minimum absolute atomic E-state index is 0. The maximum Gasteiger partial charge on any atom is 0.246 e. The van der Waals surface area contributed by atoms with Crippen molar-refractivity contribution < 1.29 is 17.2 Å². The molecule has 2 atom stereocenters. The number of nitrogens with zero attached hydrogens (tertiary/aromatic N) is 1. The Morgan fingerprint density at radius 2 is 1.90 bits per heavy atom. The fraction of sp³-hybridized carbons (Fsp3) is 0.538. The van der Waals surface area contributed by atoms with Crippen molar-refractivity contribution in [3.63, 3.8) is 0 Å². The summed E-state index contributed by atoms with van der Waals surface area (Å²) in [6.45, 7) is 2.42. The van der Waals surface area contributed by atoms with Gasteiger partial charge in [0.15, 0.2) is 0 Å². The standard InChI is InChI=1S/C13H16F2N2O2S.ClH/c14-11-1-2-12(15)13(5-11)20(18,19)17-4-3-9-6-16-7-10(9)8-17;/h1-2,5,9-10,16H,3-4,6-8H2;1H. The van der Waals surface area contributed by atoms with E-state index in [0.717, 1.165) is 37.7 Å². The Labute approximate surface area is 129 Å². The number of benzene rings is 1. The molecule has 1 aromatic rings. The van der Waals surface area contributed by atoms with Gasteiger partial charge in [0.2, 0.25) is 10.0 Å². The van der Waals surface area contributed by atoms with Gasteiger partial charge in [-0.05, 0) is 49.5 Å². The van der Waals surface area contributed by atoms with Gasteiger partial charge in [0.1, 0.15) is 16.5 Å². The van der Waals surface area contributed by atoms with Gasteiger partial charge in [0.25, 0.3) is 0 Å². The van der Waals surface area contributed by atoms with Crippen LogP contribution < -0.4 is 5.32 Å². The predicted molar refractivity (Wildman–Crippen MR) is 76.8 cm³/mol. The molecule has 1 N–H and O–H groups in total. The molecule has 0 saturated carbocycles. The van der Waals surface area contributed by atoms with Crippen LogP contribution in [0.2, 0.25) is 0 Å². The summed E-state index contributed by atoms with van der Waals surface area (Å²) < 4.78 is 53.1. The van der Waals surface area contributed by atoms with Crippen LogP contribution in [0, 0.1) is 23.5 Å². The van der Waals surface area contributed by atoms with Crippen LogP contribution in [0.1, 0.15) is 6.42 Å². The Kier molecular flexibility index (Phi) is 4.87. The van der Waals surface area contributed by atoms with Crippen molar-refractivity contribution in [3.8, 4) is 0 Å². The molecule has 0 aromatic heterocycles. The summed E-state index contributed by atoms with van der Waals surface area (Å²) in [6, 6.07) is 2.53. The Balaban J connectivity index is 0.00000161. The van der Waals surface area contributed by atoms with E-state index in [4.69, 9.17) is 0 Å². The topological polar surface area (TPSA) is 49.4 Å². The number of halogens is 3. The summed E-state index contributed by atoms with van der Waals surface area (Å²) in [5.74, 6) is -0.908. The van der Waals surface area contributed by atoms with E-state index in [9.17, 15) is 17.2 Å². The van der Waals surface area contributed by atoms with Crippen LogP contribution in [0.15, 0.2) is 23.1 Å². The van der Waals surface area contributed by atoms with Crippen LogP contribution in [-0.2, 0) is 10.0 Å². The summed E-state index contributed by atoms with van der Waals surface area (Å²) in [7, 11) is -3.96. The highest BCUT2D eigenvalue weighted by Crippen LogP contribution is 2.30. The minimum atomic E-state index is -3.96. The molecule has 2 saturated heterocycles. The van der Waals surface area contributed by atoms with Crippen LogP contribution in [-0.4, -0.2) is 38.9 Å². The zero-order chi connectivity index (χ0) is 14.3. The molecule has 2 fully saturated rings. The van der Waals surface area contributed by atoms with Crippen molar-refractivity contribution >= 4 is 22.4 Å². The summed E-state index contributed by atoms with van der Waals surface area (Å²) in [5, 5.41) is 3.24. The van der Waals surface area contributed by atoms with Crippen LogP contribution in [0.25, 0.3) is 0 Å². The molecular weight excluding hydrogens is 322 g/mol. The van der Waals surface area contributed by atoms with E-state index in [2.05, 4.69) is 5.32 Å². The second-order valence-corrected chi connectivity index (χ2v) is 7.31. The smallest absolute Gasteiger partial charge is 0.246 e. The highest BCUT2D eigenvalue weighted by Gasteiger charge is 2.38. The minimum Gasteiger partial charge on any atom is -0.316 e. The van der Waals surface area contributed by atoms with Crippen molar-refractivity contribution in [3.05, 3.63) is 29.8 Å². The molecule has 0 bridgehead atoms. The molecule has 0 aliphatic carbocycles. The Morgan fingerprint density at radius 3 is 2.67 bits per heavy atom. The van der Waals surface area contributed by atoms with Gasteiger partial charge in [-0.15, -0.1) is 12.4 Å². The van der Waals surface area contributed by atoms with E-state index in [0.29, 0.717) is 19.0 Å². The van der Waals surface area contributed by atoms with Gasteiger partial charge in [-0.1, -0.05) is 0 Å². The maximum absolute atomic E-state index is 13.7. The lowest BCUT2D eigenvalue weighted by molar-refractivity contribution is 0.227. The summed E-state index contributed by atoms with van der Waals surface area (Å²) >= 11 is 0. The second-order valence-electron chi connectivity index (χ2n) is 5.40. The molecular formula is C13H17ClF2N2O2S. The van der Waals surface area contributed by atoms with E-state index >= 15 is 0 Å². The summed E-state index contributed by atoms with van der Waals surface area (Å²) in [6.07, 6.45) is 0.758. The molecule has 0 radical (unpaired) electrons. The second kappa shape index (κ2) is 6.16. The zero-order valence-electron chi connectivity index (χ0n) is 11.3. The molecule has 21 heavy (non-hydrogen) atoms. The third kappa shape index (κ3) is 3.06. The fourth-order valence-corrected chi connectivity index (χ4v) is 4.62. The normalized spacial score (nSPS) is 26.2. The molecule has 2 unspecified atom stereocenters. The molecule has 1 aromatic carbocycles. The Bertz CT molecular complexity index is 627. The number of nitrogens with one attached hydrogen (secondary N) is 1. The van der Waals surface area contributed by atoms with Gasteiger partial charge < -0.3 is 5.32 Å². The number of fused-ring (bicyclic) bond motifs is 1. The molecule has 118 valence electrons. The lowest BCUT2D eigenvalue weighted by Gasteiger charge is -2.33. The first-order valence-electron chi connectivity index (χ1n) is 6.64. The third-order valence-corrected chi connectivity index (χ3v) is 6.06. The highest BCUT2D eigenvalue weighted by atomic mass is 35.5. The number of rotatable bonds is 2. The lowest BCUT2D eigenvalue weighted by Crippen LogP contribution is -2.43. The maximum atomic E-state index is 13.7. The van der Waals surface area contributed by atoms with Crippen LogP contribution >= 0.6 is 12.4 Å². The average molecular weight is 339 g/mol. The van der Waals surface area contributed by atoms with E-state index in [1.165, 1.54) is 4.31 Å². The van der Waals surface area contributed by atoms with Gasteiger partial charge in [0.05, 0.1) is 0 Å². The molecule has 4 nitrogen and oxygen atoms in total. The number of hydrogen-bond donors (Lipinski definition) is 1. The summed E-state index contributed by atoms with van der Waals surface area (Å²) in [4.78, 5) is -0.568. The van der Waals surface area contributed by atoms with Gasteiger partial charge in [-0.3, -0.25) is 0 Å². The SMILES string of the molecule is Cl.O=S(=O)(c1cc(F)ccc1F)N1CCC2CNCC2C1. The third-order valence-electron chi connectivity index (χ3n) is 4.18. The fourth-order valence-electron chi connectivity index (χ4n) is 3.03. The van der Waals surface area contributed by atoms with Crippen molar-refractivity contribution in [2.24, 2.45) is 11.8 Å². The first-order chi connectivity index (χ1) is 9.48. The van der Waals surface area contributed by atoms with Crippen LogP contribution in [0.4, 0.5) is 8.78 Å². The molecule has 2 aliphatic rings. The van der Waals surface area contributed by atoms with E-state index in [1.807, 2.05) is 0 Å². The first kappa shape index (κ1) is 16.6. The molecule has 2 heterocycles. The van der Waals surface area contributed by atoms with E-state index in [-0.39, 0.29) is 18.3 Å². The Hall–Kier alpha value is -0.760. The van der Waals surface area contributed by atoms with Gasteiger partial charge >= 0.3 is 0 Å². The zero-order valence-corrected chi connectivity index (χ0v) is 12.9. The van der Waals surface area contributed by atoms with Gasteiger partial charge in [-0.2, -0.15) is 4.31 Å². The van der Waals surface area contributed by atoms with Crippen LogP contribution in [0.3, 0.4) is 0 Å². The lowest BCUT2D eigenvalue weighted by atomic mass is 9.90. The average Bonchev–Trinajstić information content (AvgIpc) is 2.88. The van der Waals surface area contributed by atoms with Gasteiger partial charge in [0, 0.05) is 13.1 Å². The Morgan fingerprint density at radius 1 is 1.19 bits per heavy atom. The van der Waals surface area contributed by atoms with E-state index < -0.39 is 26.6 Å². The molecule has 0 amide bonds. The largest absolute Gasteiger partial charge is 0.316 e. The van der Waals surface area contributed by atoms with E-state index in [1.54, 1.807) is 0 Å². The number of sulfonamides is 1. The number of hydrogen-bond acceptors (Lipinski definition) is 3. The van der Waals surface area contributed by atoms with Gasteiger partial charge in [-0.25, -0.2) is 17.2 Å². The number of piperidine rings is 1. The van der Waals surface area contributed by atoms with Crippen LogP contribution in [0.5, 0.6) is 0 Å². The molecule has 8 heteroatoms. The molecule has 3 rings (SSSR count). The first-order valence-corrected chi connectivity index (χ1v) is 8.08. The highest BCUT2D eigenvalue weighted by molar-refractivity contribution is 7.89. The predicted octanol–water partition coefficient (Wildman–Crippen LogP) is 1.62. The summed E-state index contributed by atoms with van der Waals surface area (Å²) in [5.41, 5.74) is 0. The quantitative estimate of drug-likeness (QED) is 0.891.